The van der Waals surface area contributed by atoms with E-state index in [1.165, 1.54) is 6.42 Å². The highest BCUT2D eigenvalue weighted by atomic mass is 35.5. The highest BCUT2D eigenvalue weighted by molar-refractivity contribution is 6.36. The Morgan fingerprint density at radius 2 is 1.81 bits per heavy atom. The van der Waals surface area contributed by atoms with E-state index in [2.05, 4.69) is 6.08 Å². The number of allylic oxidation sites excluding steroid dienone is 1. The minimum atomic E-state index is -0.651. The molecule has 0 amide bonds. The maximum absolute atomic E-state index is 10.3. The standard InChI is InChI=1S/C13H14Cl2O/c14-10-7-4-8-11(15)12(10)13(16)9-5-2-1-3-6-9/h4-5,7-8,13,16H,1-3,6H2. The molecule has 0 bridgehead atoms. The van der Waals surface area contributed by atoms with E-state index in [9.17, 15) is 5.11 Å². The van der Waals surface area contributed by atoms with Crippen LogP contribution in [0.1, 0.15) is 37.4 Å². The molecular formula is C13H14Cl2O. The zero-order chi connectivity index (χ0) is 11.5. The molecule has 1 aliphatic rings. The number of hydrogen-bond acceptors (Lipinski definition) is 1. The number of hydrogen-bond donors (Lipinski definition) is 1. The van der Waals surface area contributed by atoms with E-state index in [0.29, 0.717) is 15.6 Å². The molecule has 0 saturated carbocycles. The number of rotatable bonds is 2. The van der Waals surface area contributed by atoms with Crippen LogP contribution in [0.5, 0.6) is 0 Å². The van der Waals surface area contributed by atoms with Gasteiger partial charge in [-0.3, -0.25) is 0 Å². The van der Waals surface area contributed by atoms with Gasteiger partial charge in [0.15, 0.2) is 0 Å². The molecule has 1 aromatic rings. The molecule has 2 rings (SSSR count). The fourth-order valence-electron chi connectivity index (χ4n) is 2.07. The summed E-state index contributed by atoms with van der Waals surface area (Å²) in [6.07, 6.45) is 5.75. The molecule has 0 heterocycles. The lowest BCUT2D eigenvalue weighted by molar-refractivity contribution is 0.208. The van der Waals surface area contributed by atoms with Crippen molar-refractivity contribution in [3.63, 3.8) is 0 Å². The predicted octanol–water partition coefficient (Wildman–Crippen LogP) is 4.53. The molecule has 1 unspecified atom stereocenters. The van der Waals surface area contributed by atoms with E-state index < -0.39 is 6.10 Å². The van der Waals surface area contributed by atoms with E-state index in [1.807, 2.05) is 0 Å². The average Bonchev–Trinajstić information content (AvgIpc) is 2.30. The van der Waals surface area contributed by atoms with Gasteiger partial charge in [-0.15, -0.1) is 0 Å². The Hall–Kier alpha value is -0.500. The summed E-state index contributed by atoms with van der Waals surface area (Å²) in [6.45, 7) is 0. The SMILES string of the molecule is OC(C1=CCCCC1)c1c(Cl)cccc1Cl. The molecule has 0 aliphatic heterocycles. The lowest BCUT2D eigenvalue weighted by atomic mass is 9.92. The van der Waals surface area contributed by atoms with Crippen molar-refractivity contribution in [3.05, 3.63) is 45.5 Å². The zero-order valence-electron chi connectivity index (χ0n) is 8.92. The molecule has 1 aromatic carbocycles. The van der Waals surface area contributed by atoms with Crippen molar-refractivity contribution in [3.8, 4) is 0 Å². The second-order valence-corrected chi connectivity index (χ2v) is 4.88. The molecule has 0 spiro atoms. The lowest BCUT2D eigenvalue weighted by Crippen LogP contribution is -2.06. The van der Waals surface area contributed by atoms with Crippen molar-refractivity contribution in [2.75, 3.05) is 0 Å². The van der Waals surface area contributed by atoms with Crippen molar-refractivity contribution < 1.29 is 5.11 Å². The predicted molar refractivity (Wildman–Crippen MR) is 68.0 cm³/mol. The lowest BCUT2D eigenvalue weighted by Gasteiger charge is -2.20. The zero-order valence-corrected chi connectivity index (χ0v) is 10.4. The van der Waals surface area contributed by atoms with Gasteiger partial charge in [0.1, 0.15) is 6.10 Å². The second kappa shape index (κ2) is 5.22. The fourth-order valence-corrected chi connectivity index (χ4v) is 2.67. The molecule has 1 nitrogen and oxygen atoms in total. The Bertz CT molecular complexity index is 392. The van der Waals surface area contributed by atoms with E-state index in [4.69, 9.17) is 23.2 Å². The fraction of sp³-hybridized carbons (Fsp3) is 0.385. The van der Waals surface area contributed by atoms with Gasteiger partial charge < -0.3 is 5.11 Å². The minimum Gasteiger partial charge on any atom is -0.384 e. The first-order valence-corrected chi connectivity index (χ1v) is 6.26. The van der Waals surface area contributed by atoms with Gasteiger partial charge in [-0.05, 0) is 43.4 Å². The van der Waals surface area contributed by atoms with Crippen LogP contribution in [-0.2, 0) is 0 Å². The Kier molecular flexibility index (Phi) is 3.91. The van der Waals surface area contributed by atoms with Crippen molar-refractivity contribution in [2.45, 2.75) is 31.8 Å². The van der Waals surface area contributed by atoms with Crippen molar-refractivity contribution in [1.82, 2.24) is 0 Å². The van der Waals surface area contributed by atoms with E-state index >= 15 is 0 Å². The molecule has 0 aromatic heterocycles. The Labute approximate surface area is 106 Å². The summed E-state index contributed by atoms with van der Waals surface area (Å²) in [4.78, 5) is 0. The van der Waals surface area contributed by atoms with Crippen LogP contribution in [0.2, 0.25) is 10.0 Å². The molecule has 0 fully saturated rings. The van der Waals surface area contributed by atoms with Gasteiger partial charge >= 0.3 is 0 Å². The maximum atomic E-state index is 10.3. The van der Waals surface area contributed by atoms with Crippen LogP contribution < -0.4 is 0 Å². The van der Waals surface area contributed by atoms with E-state index in [-0.39, 0.29) is 0 Å². The van der Waals surface area contributed by atoms with Crippen LogP contribution in [-0.4, -0.2) is 5.11 Å². The van der Waals surface area contributed by atoms with Gasteiger partial charge in [0.25, 0.3) is 0 Å². The topological polar surface area (TPSA) is 20.2 Å². The molecule has 0 radical (unpaired) electrons. The third-order valence-electron chi connectivity index (χ3n) is 2.95. The highest BCUT2D eigenvalue weighted by Gasteiger charge is 2.20. The largest absolute Gasteiger partial charge is 0.384 e. The second-order valence-electron chi connectivity index (χ2n) is 4.06. The average molecular weight is 257 g/mol. The monoisotopic (exact) mass is 256 g/mol. The maximum Gasteiger partial charge on any atom is 0.103 e. The van der Waals surface area contributed by atoms with Crippen LogP contribution in [0.15, 0.2) is 29.8 Å². The molecule has 1 atom stereocenters. The summed E-state index contributed by atoms with van der Waals surface area (Å²) in [5.74, 6) is 0. The van der Waals surface area contributed by atoms with Gasteiger partial charge in [-0.1, -0.05) is 35.3 Å². The Morgan fingerprint density at radius 1 is 1.12 bits per heavy atom. The number of benzene rings is 1. The molecular weight excluding hydrogens is 243 g/mol. The smallest absolute Gasteiger partial charge is 0.103 e. The number of halogens is 2. The normalized spacial score (nSPS) is 18.1. The molecule has 1 aliphatic carbocycles. The quantitative estimate of drug-likeness (QED) is 0.772. The summed E-state index contributed by atoms with van der Waals surface area (Å²) in [5.41, 5.74) is 1.68. The van der Waals surface area contributed by atoms with Crippen molar-refractivity contribution in [1.29, 1.82) is 0 Å². The summed E-state index contributed by atoms with van der Waals surface area (Å²) in [7, 11) is 0. The van der Waals surface area contributed by atoms with E-state index in [0.717, 1.165) is 24.8 Å². The number of aliphatic hydroxyl groups is 1. The third-order valence-corrected chi connectivity index (χ3v) is 3.61. The first-order chi connectivity index (χ1) is 7.70. The van der Waals surface area contributed by atoms with Crippen molar-refractivity contribution >= 4 is 23.2 Å². The summed E-state index contributed by atoms with van der Waals surface area (Å²) in [6, 6.07) is 5.31. The van der Waals surface area contributed by atoms with Gasteiger partial charge in [0.2, 0.25) is 0 Å². The Morgan fingerprint density at radius 3 is 2.38 bits per heavy atom. The highest BCUT2D eigenvalue weighted by Crippen LogP contribution is 2.37. The first kappa shape index (κ1) is 12.0. The first-order valence-electron chi connectivity index (χ1n) is 5.51. The molecule has 1 N–H and O–H groups in total. The van der Waals surface area contributed by atoms with Crippen LogP contribution >= 0.6 is 23.2 Å². The minimum absolute atomic E-state index is 0.534. The van der Waals surface area contributed by atoms with Gasteiger partial charge in [0, 0.05) is 15.6 Å². The van der Waals surface area contributed by atoms with Crippen LogP contribution in [0.3, 0.4) is 0 Å². The van der Waals surface area contributed by atoms with Gasteiger partial charge in [-0.25, -0.2) is 0 Å². The summed E-state index contributed by atoms with van der Waals surface area (Å²) < 4.78 is 0. The third kappa shape index (κ3) is 2.42. The molecule has 3 heteroatoms. The van der Waals surface area contributed by atoms with E-state index in [1.54, 1.807) is 18.2 Å². The molecule has 0 saturated heterocycles. The van der Waals surface area contributed by atoms with Gasteiger partial charge in [-0.2, -0.15) is 0 Å². The number of aliphatic hydroxyl groups excluding tert-OH is 1. The summed E-state index contributed by atoms with van der Waals surface area (Å²) in [5, 5.41) is 11.3. The summed E-state index contributed by atoms with van der Waals surface area (Å²) >= 11 is 12.1. The van der Waals surface area contributed by atoms with Crippen LogP contribution in [0.25, 0.3) is 0 Å². The molecule has 86 valence electrons. The van der Waals surface area contributed by atoms with Gasteiger partial charge in [0.05, 0.1) is 0 Å². The molecule has 16 heavy (non-hydrogen) atoms. The van der Waals surface area contributed by atoms with Crippen LogP contribution in [0, 0.1) is 0 Å². The van der Waals surface area contributed by atoms with Crippen LogP contribution in [0.4, 0.5) is 0 Å². The Balaban J connectivity index is 2.33. The van der Waals surface area contributed by atoms with Crippen molar-refractivity contribution in [2.24, 2.45) is 0 Å².